The largest absolute Gasteiger partial charge is 0.497 e. The van der Waals surface area contributed by atoms with Gasteiger partial charge in [0.2, 0.25) is 0 Å². The number of hydrogen-bond acceptors (Lipinski definition) is 5. The minimum Gasteiger partial charge on any atom is -0.497 e. The highest BCUT2D eigenvalue weighted by Gasteiger charge is 2.06. The number of nitrogens with zero attached hydrogens (tertiary/aromatic N) is 1. The van der Waals surface area contributed by atoms with Crippen LogP contribution in [0.4, 0.5) is 10.8 Å². The molecule has 0 saturated heterocycles. The Hall–Kier alpha value is -2.08. The van der Waals surface area contributed by atoms with Crippen molar-refractivity contribution >= 4 is 28.1 Å². The molecule has 0 radical (unpaired) electrons. The van der Waals surface area contributed by atoms with E-state index in [0.29, 0.717) is 6.42 Å². The fourth-order valence-corrected chi connectivity index (χ4v) is 2.49. The Kier molecular flexibility index (Phi) is 4.57. The molecule has 20 heavy (non-hydrogen) atoms. The van der Waals surface area contributed by atoms with Crippen LogP contribution in [0.5, 0.6) is 5.75 Å². The number of carbonyl (C=O) groups is 1. The second-order valence-corrected chi connectivity index (χ2v) is 5.20. The fraction of sp³-hybridized carbons (Fsp3) is 0.286. The van der Waals surface area contributed by atoms with Gasteiger partial charge in [0.15, 0.2) is 5.13 Å². The lowest BCUT2D eigenvalue weighted by molar-refractivity contribution is -0.136. The van der Waals surface area contributed by atoms with E-state index in [1.54, 1.807) is 7.11 Å². The maximum absolute atomic E-state index is 10.5. The number of nitrogens with one attached hydrogen (secondary N) is 1. The SMILES string of the molecule is COc1ccc(Nc2nc(CCC(=O)O)cs2)c(C)c1. The van der Waals surface area contributed by atoms with Gasteiger partial charge in [-0.15, -0.1) is 11.3 Å². The number of carboxylic acids is 1. The standard InChI is InChI=1S/C14H16N2O3S/c1-9-7-11(19-2)4-5-12(9)16-14-15-10(8-20-14)3-6-13(17)18/h4-5,7-8H,3,6H2,1-2H3,(H,15,16)(H,17,18). The van der Waals surface area contributed by atoms with E-state index < -0.39 is 5.97 Å². The molecule has 0 amide bonds. The molecular formula is C14H16N2O3S. The first-order valence-electron chi connectivity index (χ1n) is 6.16. The van der Waals surface area contributed by atoms with Crippen LogP contribution >= 0.6 is 11.3 Å². The molecule has 1 heterocycles. The number of benzene rings is 1. The summed E-state index contributed by atoms with van der Waals surface area (Å²) in [6, 6.07) is 5.77. The van der Waals surface area contributed by atoms with Crippen molar-refractivity contribution in [2.45, 2.75) is 19.8 Å². The molecule has 0 spiro atoms. The van der Waals surface area contributed by atoms with E-state index in [9.17, 15) is 4.79 Å². The highest BCUT2D eigenvalue weighted by molar-refractivity contribution is 7.13. The van der Waals surface area contributed by atoms with Gasteiger partial charge < -0.3 is 15.2 Å². The topological polar surface area (TPSA) is 71.5 Å². The number of anilines is 2. The number of hydrogen-bond donors (Lipinski definition) is 2. The van der Waals surface area contributed by atoms with Crippen molar-refractivity contribution in [1.29, 1.82) is 0 Å². The molecule has 106 valence electrons. The van der Waals surface area contributed by atoms with E-state index in [0.717, 1.165) is 27.8 Å². The molecule has 1 aromatic carbocycles. The molecule has 0 aliphatic heterocycles. The van der Waals surface area contributed by atoms with Gasteiger partial charge in [0.1, 0.15) is 5.75 Å². The van der Waals surface area contributed by atoms with E-state index in [1.165, 1.54) is 11.3 Å². The van der Waals surface area contributed by atoms with Crippen LogP contribution in [-0.4, -0.2) is 23.2 Å². The van der Waals surface area contributed by atoms with Crippen LogP contribution in [0.15, 0.2) is 23.6 Å². The Morgan fingerprint density at radius 2 is 2.30 bits per heavy atom. The summed E-state index contributed by atoms with van der Waals surface area (Å²) >= 11 is 1.47. The monoisotopic (exact) mass is 292 g/mol. The molecule has 0 bridgehead atoms. The molecule has 6 heteroatoms. The third kappa shape index (κ3) is 3.71. The zero-order valence-electron chi connectivity index (χ0n) is 11.3. The second kappa shape index (κ2) is 6.38. The van der Waals surface area contributed by atoms with Gasteiger partial charge >= 0.3 is 5.97 Å². The van der Waals surface area contributed by atoms with Crippen molar-refractivity contribution in [1.82, 2.24) is 4.98 Å². The molecule has 0 aliphatic carbocycles. The van der Waals surface area contributed by atoms with Crippen LogP contribution in [0, 0.1) is 6.92 Å². The van der Waals surface area contributed by atoms with Crippen LogP contribution in [0.3, 0.4) is 0 Å². The normalized spacial score (nSPS) is 10.3. The van der Waals surface area contributed by atoms with Crippen molar-refractivity contribution in [3.63, 3.8) is 0 Å². The molecular weight excluding hydrogens is 276 g/mol. The van der Waals surface area contributed by atoms with Crippen molar-refractivity contribution in [2.24, 2.45) is 0 Å². The lowest BCUT2D eigenvalue weighted by Gasteiger charge is -2.08. The first kappa shape index (κ1) is 14.3. The third-order valence-corrected chi connectivity index (χ3v) is 3.63. The van der Waals surface area contributed by atoms with E-state index in [4.69, 9.17) is 9.84 Å². The number of carboxylic acid groups (broad SMARTS) is 1. The zero-order valence-corrected chi connectivity index (χ0v) is 12.2. The molecule has 0 unspecified atom stereocenters. The molecule has 5 nitrogen and oxygen atoms in total. The molecule has 0 fully saturated rings. The highest BCUT2D eigenvalue weighted by atomic mass is 32.1. The van der Waals surface area contributed by atoms with Gasteiger partial charge in [0, 0.05) is 17.5 Å². The van der Waals surface area contributed by atoms with Crippen LogP contribution < -0.4 is 10.1 Å². The summed E-state index contributed by atoms with van der Waals surface area (Å²) in [5.74, 6) is 0.00726. The van der Waals surface area contributed by atoms with Gasteiger partial charge in [0.05, 0.1) is 19.2 Å². The molecule has 0 atom stereocenters. The molecule has 1 aromatic heterocycles. The van der Waals surface area contributed by atoms with Crippen LogP contribution in [-0.2, 0) is 11.2 Å². The average Bonchev–Trinajstić information content (AvgIpc) is 2.86. The molecule has 0 saturated carbocycles. The van der Waals surface area contributed by atoms with Crippen molar-refractivity contribution in [3.05, 3.63) is 34.8 Å². The van der Waals surface area contributed by atoms with Gasteiger partial charge in [-0.3, -0.25) is 4.79 Å². The van der Waals surface area contributed by atoms with E-state index >= 15 is 0 Å². The first-order valence-corrected chi connectivity index (χ1v) is 7.04. The van der Waals surface area contributed by atoms with Gasteiger partial charge in [-0.1, -0.05) is 0 Å². The maximum atomic E-state index is 10.5. The van der Waals surface area contributed by atoms with E-state index in [-0.39, 0.29) is 6.42 Å². The average molecular weight is 292 g/mol. The van der Waals surface area contributed by atoms with Crippen molar-refractivity contribution in [3.8, 4) is 5.75 Å². The Morgan fingerprint density at radius 3 is 2.95 bits per heavy atom. The van der Waals surface area contributed by atoms with Crippen molar-refractivity contribution < 1.29 is 14.6 Å². The van der Waals surface area contributed by atoms with Gasteiger partial charge in [-0.05, 0) is 30.7 Å². The summed E-state index contributed by atoms with van der Waals surface area (Å²) < 4.78 is 5.16. The summed E-state index contributed by atoms with van der Waals surface area (Å²) in [5.41, 5.74) is 2.82. The minimum atomic E-state index is -0.807. The number of methoxy groups -OCH3 is 1. The molecule has 2 N–H and O–H groups in total. The Bertz CT molecular complexity index is 610. The van der Waals surface area contributed by atoms with Gasteiger partial charge in [0.25, 0.3) is 0 Å². The maximum Gasteiger partial charge on any atom is 0.303 e. The van der Waals surface area contributed by atoms with Crippen LogP contribution in [0.2, 0.25) is 0 Å². The second-order valence-electron chi connectivity index (χ2n) is 4.34. The summed E-state index contributed by atoms with van der Waals surface area (Å²) in [7, 11) is 1.64. The molecule has 2 aromatic rings. The van der Waals surface area contributed by atoms with Crippen LogP contribution in [0.1, 0.15) is 17.7 Å². The van der Waals surface area contributed by atoms with E-state index in [2.05, 4.69) is 10.3 Å². The number of aromatic nitrogens is 1. The summed E-state index contributed by atoms with van der Waals surface area (Å²) in [5, 5.41) is 14.5. The van der Waals surface area contributed by atoms with Gasteiger partial charge in [-0.2, -0.15) is 0 Å². The molecule has 0 aliphatic rings. The number of ether oxygens (including phenoxy) is 1. The fourth-order valence-electron chi connectivity index (χ4n) is 1.73. The smallest absolute Gasteiger partial charge is 0.303 e. The minimum absolute atomic E-state index is 0.102. The lowest BCUT2D eigenvalue weighted by atomic mass is 10.2. The predicted molar refractivity (Wildman–Crippen MR) is 79.1 cm³/mol. The third-order valence-electron chi connectivity index (χ3n) is 2.82. The lowest BCUT2D eigenvalue weighted by Crippen LogP contribution is -1.98. The summed E-state index contributed by atoms with van der Waals surface area (Å²) in [6.07, 6.45) is 0.555. The highest BCUT2D eigenvalue weighted by Crippen LogP contribution is 2.26. The zero-order chi connectivity index (χ0) is 14.5. The number of rotatable bonds is 6. The molecule has 2 rings (SSSR count). The first-order chi connectivity index (χ1) is 9.58. The quantitative estimate of drug-likeness (QED) is 0.855. The number of aliphatic carboxylic acids is 1. The Labute approximate surface area is 121 Å². The summed E-state index contributed by atoms with van der Waals surface area (Å²) in [4.78, 5) is 14.9. The van der Waals surface area contributed by atoms with Crippen molar-refractivity contribution in [2.75, 3.05) is 12.4 Å². The Morgan fingerprint density at radius 1 is 1.50 bits per heavy atom. The summed E-state index contributed by atoms with van der Waals surface area (Å²) in [6.45, 7) is 1.99. The number of thiazole rings is 1. The van der Waals surface area contributed by atoms with E-state index in [1.807, 2.05) is 30.5 Å². The Balaban J connectivity index is 2.05. The van der Waals surface area contributed by atoms with Crippen LogP contribution in [0.25, 0.3) is 0 Å². The van der Waals surface area contributed by atoms with Gasteiger partial charge in [-0.25, -0.2) is 4.98 Å². The number of aryl methyl sites for hydroxylation is 2. The predicted octanol–water partition coefficient (Wildman–Crippen LogP) is 3.22.